The van der Waals surface area contributed by atoms with E-state index in [1.54, 1.807) is 0 Å². The van der Waals surface area contributed by atoms with Gasteiger partial charge in [0, 0.05) is 18.6 Å². The summed E-state index contributed by atoms with van der Waals surface area (Å²) in [6.07, 6.45) is 3.67. The number of urea groups is 1. The highest BCUT2D eigenvalue weighted by Gasteiger charge is 2.56. The maximum absolute atomic E-state index is 12.8. The number of carbonyl (C=O) groups is 3. The summed E-state index contributed by atoms with van der Waals surface area (Å²) in [5, 5.41) is 2.38. The quantitative estimate of drug-likeness (QED) is 0.767. The van der Waals surface area contributed by atoms with E-state index in [0.29, 0.717) is 26.1 Å². The maximum Gasteiger partial charge on any atom is 0.331 e. The summed E-state index contributed by atoms with van der Waals surface area (Å²) in [5.41, 5.74) is -0.998. The van der Waals surface area contributed by atoms with Crippen LogP contribution in [0.2, 0.25) is 0 Å². The molecule has 3 rings (SSSR count). The van der Waals surface area contributed by atoms with Gasteiger partial charge in [-0.25, -0.2) is 4.79 Å². The topological polar surface area (TPSA) is 75.7 Å². The summed E-state index contributed by atoms with van der Waals surface area (Å²) >= 11 is 0. The number of nitrogens with one attached hydrogen (secondary N) is 1. The third kappa shape index (κ3) is 1.85. The monoisotopic (exact) mass is 280 g/mol. The minimum atomic E-state index is -0.998. The van der Waals surface area contributed by atoms with Gasteiger partial charge in [0.05, 0.1) is 6.61 Å². The average Bonchev–Trinajstić information content (AvgIpc) is 3.09. The third-order valence-corrected chi connectivity index (χ3v) is 5.01. The van der Waals surface area contributed by atoms with Crippen molar-refractivity contribution in [2.24, 2.45) is 11.3 Å². The second kappa shape index (κ2) is 4.84. The molecule has 0 aromatic rings. The van der Waals surface area contributed by atoms with Crippen LogP contribution in [0.5, 0.6) is 0 Å². The first-order chi connectivity index (χ1) is 9.56. The second-order valence-electron chi connectivity index (χ2n) is 6.09. The second-order valence-corrected chi connectivity index (χ2v) is 6.09. The molecule has 1 saturated carbocycles. The fourth-order valence-electron chi connectivity index (χ4n) is 3.63. The van der Waals surface area contributed by atoms with E-state index in [1.807, 2.05) is 6.92 Å². The summed E-state index contributed by atoms with van der Waals surface area (Å²) in [7, 11) is 0. The minimum Gasteiger partial charge on any atom is -0.381 e. The van der Waals surface area contributed by atoms with Gasteiger partial charge in [0.1, 0.15) is 5.41 Å². The van der Waals surface area contributed by atoms with Gasteiger partial charge in [-0.2, -0.15) is 0 Å². The van der Waals surface area contributed by atoms with Gasteiger partial charge < -0.3 is 4.74 Å². The molecule has 110 valence electrons. The number of hydrogen-bond acceptors (Lipinski definition) is 4. The van der Waals surface area contributed by atoms with Gasteiger partial charge in [-0.15, -0.1) is 0 Å². The number of hydrogen-bond donors (Lipinski definition) is 1. The van der Waals surface area contributed by atoms with Crippen molar-refractivity contribution in [1.82, 2.24) is 10.2 Å². The molecule has 20 heavy (non-hydrogen) atoms. The number of imide groups is 2. The molecule has 2 aliphatic heterocycles. The van der Waals surface area contributed by atoms with Crippen molar-refractivity contribution in [1.29, 1.82) is 0 Å². The van der Waals surface area contributed by atoms with Crippen molar-refractivity contribution in [3.63, 3.8) is 0 Å². The Kier molecular flexibility index (Phi) is 3.28. The fraction of sp³-hybridized carbons (Fsp3) is 0.786. The lowest BCUT2D eigenvalue weighted by atomic mass is 9.81. The van der Waals surface area contributed by atoms with Gasteiger partial charge in [-0.3, -0.25) is 19.8 Å². The fourth-order valence-corrected chi connectivity index (χ4v) is 3.63. The number of carbonyl (C=O) groups excluding carboxylic acids is 3. The molecular weight excluding hydrogens is 260 g/mol. The van der Waals surface area contributed by atoms with Gasteiger partial charge in [-0.1, -0.05) is 12.8 Å². The molecule has 2 heterocycles. The lowest BCUT2D eigenvalue weighted by Crippen LogP contribution is -2.65. The van der Waals surface area contributed by atoms with E-state index >= 15 is 0 Å². The Morgan fingerprint density at radius 2 is 2.00 bits per heavy atom. The molecule has 3 aliphatic rings. The summed E-state index contributed by atoms with van der Waals surface area (Å²) < 4.78 is 5.34. The van der Waals surface area contributed by atoms with Gasteiger partial charge in [0.15, 0.2) is 0 Å². The van der Waals surface area contributed by atoms with E-state index in [1.165, 1.54) is 4.90 Å². The first-order valence-corrected chi connectivity index (χ1v) is 7.33. The Morgan fingerprint density at radius 1 is 1.30 bits per heavy atom. The first-order valence-electron chi connectivity index (χ1n) is 7.33. The Labute approximate surface area is 117 Å². The summed E-state index contributed by atoms with van der Waals surface area (Å²) in [6, 6.07) is -0.799. The first kappa shape index (κ1) is 13.5. The van der Waals surface area contributed by atoms with E-state index in [0.717, 1.165) is 19.3 Å². The summed E-state index contributed by atoms with van der Waals surface area (Å²) in [5.74, 6) is -0.546. The van der Waals surface area contributed by atoms with Crippen LogP contribution in [0.15, 0.2) is 0 Å². The van der Waals surface area contributed by atoms with Gasteiger partial charge in [-0.05, 0) is 26.2 Å². The maximum atomic E-state index is 12.8. The smallest absolute Gasteiger partial charge is 0.331 e. The number of rotatable bonds is 2. The normalized spacial score (nSPS) is 30.9. The van der Waals surface area contributed by atoms with Crippen LogP contribution in [0.4, 0.5) is 4.79 Å². The summed E-state index contributed by atoms with van der Waals surface area (Å²) in [4.78, 5) is 38.3. The molecule has 6 heteroatoms. The Bertz CT molecular complexity index is 450. The molecule has 0 aromatic heterocycles. The number of amides is 4. The molecule has 1 N–H and O–H groups in total. The van der Waals surface area contributed by atoms with Crippen molar-refractivity contribution in [3.8, 4) is 0 Å². The zero-order valence-corrected chi connectivity index (χ0v) is 11.7. The van der Waals surface area contributed by atoms with Gasteiger partial charge >= 0.3 is 6.03 Å². The highest BCUT2D eigenvalue weighted by Crippen LogP contribution is 2.42. The minimum absolute atomic E-state index is 0.163. The van der Waals surface area contributed by atoms with E-state index in [9.17, 15) is 14.4 Å². The molecule has 3 fully saturated rings. The van der Waals surface area contributed by atoms with Crippen molar-refractivity contribution < 1.29 is 19.1 Å². The van der Waals surface area contributed by atoms with E-state index in [2.05, 4.69) is 5.32 Å². The molecule has 0 radical (unpaired) electrons. The van der Waals surface area contributed by atoms with Crippen LogP contribution in [0.3, 0.4) is 0 Å². The third-order valence-electron chi connectivity index (χ3n) is 5.01. The van der Waals surface area contributed by atoms with Crippen LogP contribution in [-0.4, -0.2) is 42.0 Å². The van der Waals surface area contributed by atoms with Crippen molar-refractivity contribution in [2.45, 2.75) is 45.1 Å². The zero-order chi connectivity index (χ0) is 14.3. The Hall–Kier alpha value is -1.43. The molecule has 1 spiro atoms. The zero-order valence-electron chi connectivity index (χ0n) is 11.7. The van der Waals surface area contributed by atoms with Gasteiger partial charge in [0.25, 0.3) is 0 Å². The highest BCUT2D eigenvalue weighted by molar-refractivity contribution is 6.19. The largest absolute Gasteiger partial charge is 0.381 e. The van der Waals surface area contributed by atoms with E-state index < -0.39 is 17.4 Å². The molecule has 2 atom stereocenters. The van der Waals surface area contributed by atoms with Crippen LogP contribution >= 0.6 is 0 Å². The molecule has 0 aromatic carbocycles. The molecule has 4 amide bonds. The van der Waals surface area contributed by atoms with Crippen LogP contribution in [-0.2, 0) is 14.3 Å². The number of nitrogens with zero attached hydrogens (tertiary/aromatic N) is 1. The molecular formula is C14H20N2O4. The van der Waals surface area contributed by atoms with Crippen LogP contribution in [0.1, 0.15) is 39.0 Å². The molecule has 1 aliphatic carbocycles. The average molecular weight is 280 g/mol. The Balaban J connectivity index is 1.87. The molecule has 2 unspecified atom stereocenters. The van der Waals surface area contributed by atoms with Crippen LogP contribution in [0, 0.1) is 11.3 Å². The molecule has 2 saturated heterocycles. The lowest BCUT2D eigenvalue weighted by Gasteiger charge is -2.41. The van der Waals surface area contributed by atoms with E-state index in [4.69, 9.17) is 4.74 Å². The standard InChI is InChI=1S/C14H20N2O4/c1-9(10-4-7-20-8-10)16-12(18)14(5-2-3-6-14)11(17)15-13(16)19/h9-10H,2-8H2,1H3,(H,15,17,19). The van der Waals surface area contributed by atoms with Gasteiger partial charge in [0.2, 0.25) is 11.8 Å². The van der Waals surface area contributed by atoms with E-state index in [-0.39, 0.29) is 17.9 Å². The number of barbiturate groups is 1. The Morgan fingerprint density at radius 3 is 2.60 bits per heavy atom. The van der Waals surface area contributed by atoms with Crippen LogP contribution in [0.25, 0.3) is 0 Å². The van der Waals surface area contributed by atoms with Crippen LogP contribution < -0.4 is 5.32 Å². The predicted octanol–water partition coefficient (Wildman–Crippen LogP) is 1.05. The molecule has 6 nitrogen and oxygen atoms in total. The van der Waals surface area contributed by atoms with Crippen molar-refractivity contribution in [3.05, 3.63) is 0 Å². The number of ether oxygens (including phenoxy) is 1. The predicted molar refractivity (Wildman–Crippen MR) is 69.7 cm³/mol. The molecule has 0 bridgehead atoms. The summed E-state index contributed by atoms with van der Waals surface area (Å²) in [6.45, 7) is 3.11. The highest BCUT2D eigenvalue weighted by atomic mass is 16.5. The SMILES string of the molecule is CC(C1CCOC1)N1C(=O)NC(=O)C2(CCCC2)C1=O. The van der Waals surface area contributed by atoms with Crippen molar-refractivity contribution >= 4 is 17.8 Å². The lowest BCUT2D eigenvalue weighted by molar-refractivity contribution is -0.153. The van der Waals surface area contributed by atoms with Crippen molar-refractivity contribution in [2.75, 3.05) is 13.2 Å².